The van der Waals surface area contributed by atoms with Crippen LogP contribution in [0.4, 0.5) is 0 Å². The van der Waals surface area contributed by atoms with Gasteiger partial charge in [0.1, 0.15) is 0 Å². The Labute approximate surface area is 278 Å². The van der Waals surface area contributed by atoms with E-state index in [4.69, 9.17) is 4.74 Å². The summed E-state index contributed by atoms with van der Waals surface area (Å²) in [4.78, 5) is 11.9. The zero-order valence-electron chi connectivity index (χ0n) is 30.6. The normalized spacial score (nSPS) is 11.6. The van der Waals surface area contributed by atoms with Gasteiger partial charge >= 0.3 is 5.97 Å². The van der Waals surface area contributed by atoms with Crippen molar-refractivity contribution in [2.75, 3.05) is 6.61 Å². The molecule has 0 radical (unpaired) electrons. The van der Waals surface area contributed by atoms with Crippen LogP contribution in [-0.4, -0.2) is 12.6 Å². The highest BCUT2D eigenvalue weighted by atomic mass is 16.5. The van der Waals surface area contributed by atoms with Crippen LogP contribution in [0.15, 0.2) is 12.2 Å². The number of rotatable bonds is 38. The van der Waals surface area contributed by atoms with Crippen molar-refractivity contribution in [2.45, 2.75) is 245 Å². The minimum Gasteiger partial charge on any atom is -0.463 e. The number of unbranched alkanes of at least 4 members (excludes halogenated alkanes) is 34. The molecule has 0 aromatic rings. The van der Waals surface area contributed by atoms with Gasteiger partial charge in [0.2, 0.25) is 0 Å². The minimum absolute atomic E-state index is 0.150. The predicted octanol–water partition coefficient (Wildman–Crippen LogP) is 15.2. The first-order valence-corrected chi connectivity index (χ1v) is 20.6. The van der Waals surface area contributed by atoms with Gasteiger partial charge in [0.05, 0.1) is 6.61 Å². The van der Waals surface area contributed by atoms with Crippen LogP contribution >= 0.6 is 0 Å². The molecule has 0 spiro atoms. The van der Waals surface area contributed by atoms with Crippen LogP contribution in [-0.2, 0) is 9.53 Å². The first kappa shape index (κ1) is 43.2. The third-order valence-corrected chi connectivity index (χ3v) is 9.47. The van der Waals surface area contributed by atoms with Gasteiger partial charge < -0.3 is 4.74 Å². The van der Waals surface area contributed by atoms with E-state index in [1.807, 2.05) is 6.08 Å². The molecule has 0 heterocycles. The summed E-state index contributed by atoms with van der Waals surface area (Å²) >= 11 is 0. The van der Waals surface area contributed by atoms with Crippen LogP contribution < -0.4 is 0 Å². The van der Waals surface area contributed by atoms with E-state index >= 15 is 0 Å². The summed E-state index contributed by atoms with van der Waals surface area (Å²) in [6.45, 7) is 5.17. The third kappa shape index (κ3) is 39.2. The van der Waals surface area contributed by atoms with Crippen LogP contribution in [0.25, 0.3) is 0 Å². The van der Waals surface area contributed by atoms with Crippen LogP contribution in [0.3, 0.4) is 0 Å². The summed E-state index contributed by atoms with van der Waals surface area (Å²) in [6.07, 6.45) is 53.4. The second kappa shape index (κ2) is 40.2. The number of hydrogen-bond donors (Lipinski definition) is 0. The van der Waals surface area contributed by atoms with Crippen molar-refractivity contribution >= 4 is 5.97 Å². The Morgan fingerprint density at radius 2 is 0.614 bits per heavy atom. The van der Waals surface area contributed by atoms with Crippen LogP contribution in [0.1, 0.15) is 245 Å². The van der Waals surface area contributed by atoms with Crippen LogP contribution in [0.5, 0.6) is 0 Å². The van der Waals surface area contributed by atoms with Gasteiger partial charge in [0.15, 0.2) is 0 Å². The van der Waals surface area contributed by atoms with Crippen molar-refractivity contribution in [2.24, 2.45) is 0 Å². The lowest BCUT2D eigenvalue weighted by Crippen LogP contribution is -2.02. The molecule has 0 aromatic heterocycles. The molecule has 0 saturated carbocycles. The summed E-state index contributed by atoms with van der Waals surface area (Å²) in [5.41, 5.74) is 0. The molecule has 0 aliphatic rings. The van der Waals surface area contributed by atoms with E-state index in [2.05, 4.69) is 13.8 Å². The standard InChI is InChI=1S/C42H82O2/c1-3-5-7-9-11-13-15-17-19-20-21-22-23-24-25-27-29-31-33-35-37-39-41-44-42(43)40-38-36-34-32-30-28-26-18-16-14-12-10-8-6-4-2/h38,40H,3-37,39,41H2,1-2H3/b40-38-. The molecule has 0 saturated heterocycles. The summed E-state index contributed by atoms with van der Waals surface area (Å²) in [5, 5.41) is 0. The van der Waals surface area contributed by atoms with Crippen LogP contribution in [0.2, 0.25) is 0 Å². The molecule has 0 amide bonds. The van der Waals surface area contributed by atoms with E-state index < -0.39 is 0 Å². The monoisotopic (exact) mass is 619 g/mol. The highest BCUT2D eigenvalue weighted by molar-refractivity contribution is 5.81. The quantitative estimate of drug-likeness (QED) is 0.0391. The van der Waals surface area contributed by atoms with Gasteiger partial charge in [0.25, 0.3) is 0 Å². The minimum atomic E-state index is -0.150. The van der Waals surface area contributed by atoms with E-state index in [0.717, 1.165) is 12.8 Å². The number of ether oxygens (including phenoxy) is 1. The molecule has 0 rings (SSSR count). The van der Waals surface area contributed by atoms with E-state index in [0.29, 0.717) is 6.61 Å². The Bertz CT molecular complexity index is 554. The molecule has 2 heteroatoms. The van der Waals surface area contributed by atoms with Crippen molar-refractivity contribution in [3.8, 4) is 0 Å². The van der Waals surface area contributed by atoms with Crippen LogP contribution in [0, 0.1) is 0 Å². The van der Waals surface area contributed by atoms with E-state index in [9.17, 15) is 4.79 Å². The lowest BCUT2D eigenvalue weighted by Gasteiger charge is -2.04. The Morgan fingerprint density at radius 3 is 0.909 bits per heavy atom. The maximum Gasteiger partial charge on any atom is 0.330 e. The fourth-order valence-corrected chi connectivity index (χ4v) is 6.39. The largest absolute Gasteiger partial charge is 0.463 e. The molecule has 0 aromatic carbocycles. The molecule has 44 heavy (non-hydrogen) atoms. The number of carbonyl (C=O) groups is 1. The fourth-order valence-electron chi connectivity index (χ4n) is 6.39. The predicted molar refractivity (Wildman–Crippen MR) is 198 cm³/mol. The van der Waals surface area contributed by atoms with Gasteiger partial charge in [-0.15, -0.1) is 0 Å². The molecule has 0 aliphatic carbocycles. The maximum absolute atomic E-state index is 11.9. The molecule has 0 N–H and O–H groups in total. The van der Waals surface area contributed by atoms with E-state index in [-0.39, 0.29) is 5.97 Å². The molecule has 0 aliphatic heterocycles. The van der Waals surface area contributed by atoms with E-state index in [1.54, 1.807) is 6.08 Å². The fraction of sp³-hybridized carbons (Fsp3) is 0.929. The highest BCUT2D eigenvalue weighted by Gasteiger charge is 1.99. The molecule has 0 bridgehead atoms. The molecular formula is C42H82O2. The lowest BCUT2D eigenvalue weighted by molar-refractivity contribution is -0.137. The van der Waals surface area contributed by atoms with Gasteiger partial charge in [-0.1, -0.05) is 232 Å². The smallest absolute Gasteiger partial charge is 0.330 e. The van der Waals surface area contributed by atoms with Gasteiger partial charge in [-0.3, -0.25) is 0 Å². The van der Waals surface area contributed by atoms with Crippen molar-refractivity contribution in [3.63, 3.8) is 0 Å². The van der Waals surface area contributed by atoms with Crippen molar-refractivity contribution in [3.05, 3.63) is 12.2 Å². The Hall–Kier alpha value is -0.790. The summed E-state index contributed by atoms with van der Waals surface area (Å²) < 4.78 is 5.38. The summed E-state index contributed by atoms with van der Waals surface area (Å²) in [7, 11) is 0. The Morgan fingerprint density at radius 1 is 0.364 bits per heavy atom. The molecule has 262 valence electrons. The average Bonchev–Trinajstić information content (AvgIpc) is 3.03. The van der Waals surface area contributed by atoms with Gasteiger partial charge in [-0.05, 0) is 19.3 Å². The SMILES string of the molecule is CCCCCCCCCCCCCCC/C=C\C(=O)OCCCCCCCCCCCCCCCCCCCCCCCC. The molecular weight excluding hydrogens is 536 g/mol. The average molecular weight is 619 g/mol. The number of hydrogen-bond acceptors (Lipinski definition) is 2. The number of esters is 1. The highest BCUT2D eigenvalue weighted by Crippen LogP contribution is 2.16. The topological polar surface area (TPSA) is 26.3 Å². The molecule has 0 atom stereocenters. The number of carbonyl (C=O) groups excluding carboxylic acids is 1. The summed E-state index contributed by atoms with van der Waals surface area (Å²) in [5.74, 6) is -0.150. The first-order valence-electron chi connectivity index (χ1n) is 20.6. The second-order valence-electron chi connectivity index (χ2n) is 14.0. The van der Waals surface area contributed by atoms with Crippen molar-refractivity contribution in [1.82, 2.24) is 0 Å². The first-order chi connectivity index (χ1) is 21.8. The Balaban J connectivity index is 3.19. The number of allylic oxidation sites excluding steroid dienone is 1. The molecule has 0 fully saturated rings. The van der Waals surface area contributed by atoms with Gasteiger partial charge in [0, 0.05) is 6.08 Å². The zero-order chi connectivity index (χ0) is 31.9. The molecule has 0 unspecified atom stereocenters. The maximum atomic E-state index is 11.9. The lowest BCUT2D eigenvalue weighted by atomic mass is 10.0. The van der Waals surface area contributed by atoms with Gasteiger partial charge in [-0.25, -0.2) is 4.79 Å². The van der Waals surface area contributed by atoms with Crippen molar-refractivity contribution < 1.29 is 9.53 Å². The zero-order valence-corrected chi connectivity index (χ0v) is 30.6. The second-order valence-corrected chi connectivity index (χ2v) is 14.0. The summed E-state index contributed by atoms with van der Waals surface area (Å²) in [6, 6.07) is 0. The van der Waals surface area contributed by atoms with Crippen molar-refractivity contribution in [1.29, 1.82) is 0 Å². The van der Waals surface area contributed by atoms with Gasteiger partial charge in [-0.2, -0.15) is 0 Å². The Kier molecular flexibility index (Phi) is 39.5. The van der Waals surface area contributed by atoms with E-state index in [1.165, 1.54) is 218 Å². The third-order valence-electron chi connectivity index (χ3n) is 9.47. The molecule has 2 nitrogen and oxygen atoms in total.